The first kappa shape index (κ1) is 37.3. The topological polar surface area (TPSA) is 186 Å². The van der Waals surface area contributed by atoms with Crippen molar-refractivity contribution in [3.63, 3.8) is 0 Å². The number of aliphatic hydroxyl groups is 3. The molecule has 0 aromatic heterocycles. The van der Waals surface area contributed by atoms with Crippen LogP contribution in [0.2, 0.25) is 0 Å². The van der Waals surface area contributed by atoms with Crippen LogP contribution in [0.3, 0.4) is 0 Å². The van der Waals surface area contributed by atoms with Gasteiger partial charge >= 0.3 is 5.97 Å². The molecule has 0 spiro atoms. The third-order valence-corrected chi connectivity index (χ3v) is 7.84. The lowest BCUT2D eigenvalue weighted by Gasteiger charge is -2.47. The Morgan fingerprint density at radius 1 is 1.19 bits per heavy atom. The van der Waals surface area contributed by atoms with Crippen LogP contribution < -0.4 is 5.32 Å². The highest BCUT2D eigenvalue weighted by atomic mass is 16.6. The molecule has 2 rings (SSSR count). The lowest BCUT2D eigenvalue weighted by atomic mass is 9.74. The van der Waals surface area contributed by atoms with Gasteiger partial charge in [-0.1, -0.05) is 33.3 Å². The molecule has 7 N–H and O–H groups in total. The fourth-order valence-electron chi connectivity index (χ4n) is 5.03. The number of phenolic OH excluding ortho intramolecular Hbond substituents is 1. The molecule has 0 radical (unpaired) electrons. The number of aliphatic hydroxyl groups excluding tert-OH is 3. The molecule has 240 valence electrons. The fraction of sp³-hybridized carbons (Fsp3) is 0.677. The van der Waals surface area contributed by atoms with Crippen LogP contribution in [0.5, 0.6) is 11.5 Å². The van der Waals surface area contributed by atoms with Crippen molar-refractivity contribution >= 4 is 11.9 Å². The summed E-state index contributed by atoms with van der Waals surface area (Å²) >= 11 is 0. The van der Waals surface area contributed by atoms with Crippen LogP contribution in [0.25, 0.3) is 0 Å². The lowest BCUT2D eigenvalue weighted by molar-refractivity contribution is -0.214. The minimum Gasteiger partial charge on any atom is -0.508 e. The first-order valence-corrected chi connectivity index (χ1v) is 14.5. The van der Waals surface area contributed by atoms with Gasteiger partial charge in [-0.2, -0.15) is 0 Å². The molecule has 0 bridgehead atoms. The second-order valence-electron chi connectivity index (χ2n) is 11.4. The quantitative estimate of drug-likeness (QED) is 0.123. The van der Waals surface area contributed by atoms with Gasteiger partial charge in [0.15, 0.2) is 6.23 Å². The summed E-state index contributed by atoms with van der Waals surface area (Å²) < 4.78 is 11.7. The van der Waals surface area contributed by atoms with E-state index in [9.17, 15) is 40.2 Å². The Balaban J connectivity index is 0.00000431. The summed E-state index contributed by atoms with van der Waals surface area (Å²) in [6.45, 7) is 14.8. The average Bonchev–Trinajstić information content (AvgIpc) is 2.91. The number of rotatable bonds is 14. The van der Waals surface area contributed by atoms with Crippen molar-refractivity contribution in [1.29, 1.82) is 0 Å². The zero-order valence-electron chi connectivity index (χ0n) is 26.0. The summed E-state index contributed by atoms with van der Waals surface area (Å²) in [6.07, 6.45) is -3.38. The SMILES string of the molecule is C=C(C)CC[C@H](O)C(=O)N[C@@H](OC)[C@@H]1CC(O)C(C)(C)[C@@H](C[C@H](O)CCCc2c(C)c(O)cc(O)c2C(=O)O)O1.CC. The van der Waals surface area contributed by atoms with E-state index in [1.807, 2.05) is 34.6 Å². The molecule has 1 aromatic rings. The molecule has 1 saturated heterocycles. The molecule has 1 aliphatic rings. The van der Waals surface area contributed by atoms with Gasteiger partial charge in [-0.3, -0.25) is 4.79 Å². The predicted octanol–water partition coefficient (Wildman–Crippen LogP) is 3.55. The molecule has 6 atom stereocenters. The standard InChI is InChI=1S/C29H45NO10.C2H6/c1-15(2)10-11-19(32)26(36)30-27(39-6)22-14-23(35)29(4,5)24(40-22)12-17(31)8-7-9-18-16(3)20(33)13-21(34)25(18)28(37)38;1-2/h13,17,19,22-24,27,31-35H,1,7-12,14H2,2-6H3,(H,30,36)(H,37,38);1-2H3/t17-,19+,22+,23?,24-,27+;/m1./s1. The van der Waals surface area contributed by atoms with E-state index in [-0.39, 0.29) is 43.4 Å². The number of hydrogen-bond donors (Lipinski definition) is 7. The highest BCUT2D eigenvalue weighted by Crippen LogP contribution is 2.40. The molecule has 42 heavy (non-hydrogen) atoms. The summed E-state index contributed by atoms with van der Waals surface area (Å²) in [7, 11) is 1.39. The number of ether oxygens (including phenoxy) is 2. The van der Waals surface area contributed by atoms with E-state index in [1.54, 1.807) is 6.92 Å². The van der Waals surface area contributed by atoms with Gasteiger partial charge in [-0.15, -0.1) is 6.58 Å². The summed E-state index contributed by atoms with van der Waals surface area (Å²) in [4.78, 5) is 24.2. The molecule has 1 heterocycles. The molecule has 1 fully saturated rings. The fourth-order valence-corrected chi connectivity index (χ4v) is 5.03. The first-order chi connectivity index (χ1) is 19.6. The predicted molar refractivity (Wildman–Crippen MR) is 158 cm³/mol. The third kappa shape index (κ3) is 9.95. The van der Waals surface area contributed by atoms with Crippen LogP contribution in [0.1, 0.15) is 94.6 Å². The van der Waals surface area contributed by atoms with Crippen LogP contribution in [0.4, 0.5) is 0 Å². The van der Waals surface area contributed by atoms with Gasteiger partial charge in [0.25, 0.3) is 5.91 Å². The van der Waals surface area contributed by atoms with E-state index in [0.29, 0.717) is 24.0 Å². The van der Waals surface area contributed by atoms with Crippen LogP contribution >= 0.6 is 0 Å². The maximum absolute atomic E-state index is 12.5. The smallest absolute Gasteiger partial charge is 0.339 e. The average molecular weight is 598 g/mol. The number of phenols is 2. The highest BCUT2D eigenvalue weighted by Gasteiger charge is 2.47. The number of methoxy groups -OCH3 is 1. The molecule has 0 saturated carbocycles. The zero-order valence-corrected chi connectivity index (χ0v) is 26.0. The van der Waals surface area contributed by atoms with Gasteiger partial charge < -0.3 is 45.4 Å². The van der Waals surface area contributed by atoms with Gasteiger partial charge in [0.1, 0.15) is 29.3 Å². The van der Waals surface area contributed by atoms with Gasteiger partial charge in [-0.25, -0.2) is 4.79 Å². The van der Waals surface area contributed by atoms with E-state index < -0.39 is 59.8 Å². The van der Waals surface area contributed by atoms with Crippen molar-refractivity contribution in [1.82, 2.24) is 5.32 Å². The molecular formula is C31H51NO10. The van der Waals surface area contributed by atoms with Crippen molar-refractivity contribution in [2.45, 2.75) is 123 Å². The summed E-state index contributed by atoms with van der Waals surface area (Å²) in [5, 5.41) is 64.1. The van der Waals surface area contributed by atoms with E-state index in [4.69, 9.17) is 9.47 Å². The van der Waals surface area contributed by atoms with Gasteiger partial charge in [0, 0.05) is 31.4 Å². The molecule has 1 aromatic carbocycles. The Bertz CT molecular complexity index is 1060. The number of aromatic carboxylic acids is 1. The minimum absolute atomic E-state index is 0.155. The van der Waals surface area contributed by atoms with Crippen molar-refractivity contribution in [3.05, 3.63) is 34.9 Å². The Morgan fingerprint density at radius 3 is 2.36 bits per heavy atom. The molecule has 11 heteroatoms. The van der Waals surface area contributed by atoms with Crippen molar-refractivity contribution in [2.75, 3.05) is 7.11 Å². The monoisotopic (exact) mass is 597 g/mol. The van der Waals surface area contributed by atoms with Crippen LogP contribution in [-0.2, 0) is 20.7 Å². The number of carboxylic acids is 1. The number of carboxylic acid groups (broad SMARTS) is 1. The minimum atomic E-state index is -1.31. The summed E-state index contributed by atoms with van der Waals surface area (Å²) in [6, 6.07) is 1.000. The Morgan fingerprint density at radius 2 is 1.81 bits per heavy atom. The van der Waals surface area contributed by atoms with Crippen molar-refractivity contribution in [3.8, 4) is 11.5 Å². The number of aromatic hydroxyl groups is 2. The zero-order chi connectivity index (χ0) is 32.4. The number of benzene rings is 1. The lowest BCUT2D eigenvalue weighted by Crippen LogP contribution is -2.58. The van der Waals surface area contributed by atoms with Crippen LogP contribution in [0, 0.1) is 12.3 Å². The molecule has 1 amide bonds. The second kappa shape index (κ2) is 16.8. The van der Waals surface area contributed by atoms with Gasteiger partial charge in [0.05, 0.1) is 18.3 Å². The van der Waals surface area contributed by atoms with Crippen LogP contribution in [0.15, 0.2) is 18.2 Å². The summed E-state index contributed by atoms with van der Waals surface area (Å²) in [5.74, 6) is -2.66. The normalized spacial score (nSPS) is 21.8. The number of allylic oxidation sites excluding steroid dienone is 1. The number of nitrogens with one attached hydrogen (secondary N) is 1. The Hall–Kier alpha value is -2.70. The van der Waals surface area contributed by atoms with E-state index in [1.165, 1.54) is 7.11 Å². The maximum Gasteiger partial charge on any atom is 0.339 e. The number of hydrogen-bond acceptors (Lipinski definition) is 9. The van der Waals surface area contributed by atoms with Gasteiger partial charge in [-0.05, 0) is 57.1 Å². The van der Waals surface area contributed by atoms with Crippen LogP contribution in [-0.4, -0.2) is 86.4 Å². The van der Waals surface area contributed by atoms with E-state index >= 15 is 0 Å². The number of amides is 1. The maximum atomic E-state index is 12.5. The molecular weight excluding hydrogens is 546 g/mol. The van der Waals surface area contributed by atoms with Crippen molar-refractivity contribution < 1.29 is 49.7 Å². The number of carbonyl (C=O) groups is 2. The van der Waals surface area contributed by atoms with Gasteiger partial charge in [0.2, 0.25) is 0 Å². The largest absolute Gasteiger partial charge is 0.508 e. The van der Waals surface area contributed by atoms with E-state index in [0.717, 1.165) is 11.6 Å². The molecule has 1 unspecified atom stereocenters. The number of carbonyl (C=O) groups excluding carboxylic acids is 1. The van der Waals surface area contributed by atoms with E-state index in [2.05, 4.69) is 11.9 Å². The van der Waals surface area contributed by atoms with Crippen molar-refractivity contribution in [2.24, 2.45) is 5.41 Å². The Labute approximate surface area is 249 Å². The summed E-state index contributed by atoms with van der Waals surface area (Å²) in [5.41, 5.74) is 0.487. The Kier molecular flexibility index (Phi) is 14.9. The highest BCUT2D eigenvalue weighted by molar-refractivity contribution is 5.93. The molecule has 0 aliphatic carbocycles. The first-order valence-electron chi connectivity index (χ1n) is 14.5. The molecule has 11 nitrogen and oxygen atoms in total. The second-order valence-corrected chi connectivity index (χ2v) is 11.4. The molecule has 1 aliphatic heterocycles. The third-order valence-electron chi connectivity index (χ3n) is 7.84.